The third-order valence-electron chi connectivity index (χ3n) is 3.14. The van der Waals surface area contributed by atoms with Gasteiger partial charge in [-0.1, -0.05) is 6.92 Å². The molecular formula is C12H19F3N4S. The lowest BCUT2D eigenvalue weighted by Gasteiger charge is -2.34. The molecule has 0 atom stereocenters. The van der Waals surface area contributed by atoms with Crippen molar-refractivity contribution in [3.8, 4) is 0 Å². The maximum Gasteiger partial charge on any atom is 0.401 e. The van der Waals surface area contributed by atoms with Gasteiger partial charge in [0, 0.05) is 38.1 Å². The lowest BCUT2D eigenvalue weighted by Crippen LogP contribution is -2.49. The quantitative estimate of drug-likeness (QED) is 0.901. The van der Waals surface area contributed by atoms with Gasteiger partial charge in [0.2, 0.25) is 0 Å². The van der Waals surface area contributed by atoms with Crippen LogP contribution in [-0.4, -0.2) is 55.3 Å². The standard InChI is InChI=1S/C12H19F3N4S/c1-2-16-7-10-8-20-11(17-10)19-5-3-18(4-6-19)9-12(13,14)15/h8,16H,2-7,9H2,1H3. The van der Waals surface area contributed by atoms with Gasteiger partial charge in [-0.15, -0.1) is 11.3 Å². The molecule has 2 heterocycles. The molecule has 0 radical (unpaired) electrons. The minimum absolute atomic E-state index is 0.432. The van der Waals surface area contributed by atoms with E-state index in [1.165, 1.54) is 4.90 Å². The predicted octanol–water partition coefficient (Wildman–Crippen LogP) is 1.94. The van der Waals surface area contributed by atoms with Crippen LogP contribution in [0.3, 0.4) is 0 Å². The molecule has 1 saturated heterocycles. The molecule has 114 valence electrons. The molecule has 1 aliphatic heterocycles. The van der Waals surface area contributed by atoms with Crippen LogP contribution in [0.25, 0.3) is 0 Å². The van der Waals surface area contributed by atoms with Crippen LogP contribution in [0.15, 0.2) is 5.38 Å². The lowest BCUT2D eigenvalue weighted by molar-refractivity contribution is -0.146. The van der Waals surface area contributed by atoms with Gasteiger partial charge in [0.05, 0.1) is 12.2 Å². The van der Waals surface area contributed by atoms with Crippen LogP contribution in [0.1, 0.15) is 12.6 Å². The Morgan fingerprint density at radius 1 is 1.30 bits per heavy atom. The monoisotopic (exact) mass is 308 g/mol. The summed E-state index contributed by atoms with van der Waals surface area (Å²) in [6, 6.07) is 0. The zero-order chi connectivity index (χ0) is 14.6. The second-order valence-electron chi connectivity index (χ2n) is 4.78. The molecular weight excluding hydrogens is 289 g/mol. The number of hydrogen-bond donors (Lipinski definition) is 1. The van der Waals surface area contributed by atoms with E-state index in [0.29, 0.717) is 26.2 Å². The average molecular weight is 308 g/mol. The second-order valence-corrected chi connectivity index (χ2v) is 5.62. The van der Waals surface area contributed by atoms with Crippen molar-refractivity contribution < 1.29 is 13.2 Å². The summed E-state index contributed by atoms with van der Waals surface area (Å²) in [5.74, 6) is 0. The molecule has 1 N–H and O–H groups in total. The maximum absolute atomic E-state index is 12.3. The Labute approximate surface area is 120 Å². The average Bonchev–Trinajstić information content (AvgIpc) is 2.84. The number of alkyl halides is 3. The van der Waals surface area contributed by atoms with E-state index >= 15 is 0 Å². The van der Waals surface area contributed by atoms with Crippen molar-refractivity contribution in [2.75, 3.05) is 44.2 Å². The SMILES string of the molecule is CCNCc1csc(N2CCN(CC(F)(F)F)CC2)n1. The van der Waals surface area contributed by atoms with Crippen LogP contribution >= 0.6 is 11.3 Å². The Bertz CT molecular complexity index is 413. The first kappa shape index (κ1) is 15.5. The van der Waals surface area contributed by atoms with Crippen LogP contribution in [0.5, 0.6) is 0 Å². The van der Waals surface area contributed by atoms with Gasteiger partial charge in [0.15, 0.2) is 5.13 Å². The largest absolute Gasteiger partial charge is 0.401 e. The van der Waals surface area contributed by atoms with Crippen molar-refractivity contribution >= 4 is 16.5 Å². The van der Waals surface area contributed by atoms with Gasteiger partial charge in [-0.2, -0.15) is 13.2 Å². The van der Waals surface area contributed by atoms with Gasteiger partial charge >= 0.3 is 6.18 Å². The van der Waals surface area contributed by atoms with E-state index in [9.17, 15) is 13.2 Å². The summed E-state index contributed by atoms with van der Waals surface area (Å²) in [4.78, 5) is 8.02. The summed E-state index contributed by atoms with van der Waals surface area (Å²) in [5, 5.41) is 6.11. The summed E-state index contributed by atoms with van der Waals surface area (Å²) < 4.78 is 36.9. The van der Waals surface area contributed by atoms with Crippen molar-refractivity contribution in [2.45, 2.75) is 19.6 Å². The van der Waals surface area contributed by atoms with Gasteiger partial charge in [0.25, 0.3) is 0 Å². The maximum atomic E-state index is 12.3. The van der Waals surface area contributed by atoms with Crippen LogP contribution in [0, 0.1) is 0 Å². The fraction of sp³-hybridized carbons (Fsp3) is 0.750. The highest BCUT2D eigenvalue weighted by Crippen LogP contribution is 2.23. The van der Waals surface area contributed by atoms with Crippen molar-refractivity contribution in [1.82, 2.24) is 15.2 Å². The number of nitrogens with one attached hydrogen (secondary N) is 1. The molecule has 20 heavy (non-hydrogen) atoms. The first-order valence-electron chi connectivity index (χ1n) is 6.67. The molecule has 1 aliphatic rings. The molecule has 0 bridgehead atoms. The summed E-state index contributed by atoms with van der Waals surface area (Å²) in [6.07, 6.45) is -4.11. The number of piperazine rings is 1. The van der Waals surface area contributed by atoms with Crippen molar-refractivity contribution in [2.24, 2.45) is 0 Å². The number of aromatic nitrogens is 1. The molecule has 1 fully saturated rings. The minimum Gasteiger partial charge on any atom is -0.346 e. The topological polar surface area (TPSA) is 31.4 Å². The van der Waals surface area contributed by atoms with Gasteiger partial charge in [-0.25, -0.2) is 4.98 Å². The number of anilines is 1. The summed E-state index contributed by atoms with van der Waals surface area (Å²) in [7, 11) is 0. The van der Waals surface area contributed by atoms with E-state index in [0.717, 1.165) is 23.9 Å². The van der Waals surface area contributed by atoms with Crippen LogP contribution in [0.2, 0.25) is 0 Å². The number of hydrogen-bond acceptors (Lipinski definition) is 5. The molecule has 0 aliphatic carbocycles. The summed E-state index contributed by atoms with van der Waals surface area (Å²) in [6.45, 7) is 4.92. The Balaban J connectivity index is 1.82. The smallest absolute Gasteiger partial charge is 0.346 e. The van der Waals surface area contributed by atoms with Crippen LogP contribution in [-0.2, 0) is 6.54 Å². The van der Waals surface area contributed by atoms with Crippen LogP contribution < -0.4 is 10.2 Å². The normalized spacial score (nSPS) is 17.7. The van der Waals surface area contributed by atoms with E-state index in [1.807, 2.05) is 12.3 Å². The fourth-order valence-corrected chi connectivity index (χ4v) is 3.01. The number of nitrogens with zero attached hydrogens (tertiary/aromatic N) is 3. The molecule has 0 aromatic carbocycles. The zero-order valence-electron chi connectivity index (χ0n) is 11.4. The molecule has 0 spiro atoms. The van der Waals surface area contributed by atoms with Crippen LogP contribution in [0.4, 0.5) is 18.3 Å². The number of rotatable bonds is 5. The van der Waals surface area contributed by atoms with E-state index in [4.69, 9.17) is 0 Å². The Morgan fingerprint density at radius 2 is 2.00 bits per heavy atom. The van der Waals surface area contributed by atoms with Crippen molar-refractivity contribution in [1.29, 1.82) is 0 Å². The van der Waals surface area contributed by atoms with Gasteiger partial charge in [-0.3, -0.25) is 4.90 Å². The highest BCUT2D eigenvalue weighted by Gasteiger charge is 2.32. The fourth-order valence-electron chi connectivity index (χ4n) is 2.13. The molecule has 4 nitrogen and oxygen atoms in total. The Morgan fingerprint density at radius 3 is 2.60 bits per heavy atom. The molecule has 1 aromatic heterocycles. The molecule has 0 unspecified atom stereocenters. The van der Waals surface area contributed by atoms with Gasteiger partial charge in [-0.05, 0) is 6.54 Å². The lowest BCUT2D eigenvalue weighted by atomic mass is 10.3. The van der Waals surface area contributed by atoms with Crippen molar-refractivity contribution in [3.63, 3.8) is 0 Å². The van der Waals surface area contributed by atoms with Gasteiger partial charge < -0.3 is 10.2 Å². The summed E-state index contributed by atoms with van der Waals surface area (Å²) in [5.41, 5.74) is 0.990. The Hall–Kier alpha value is -0.860. The molecule has 0 amide bonds. The molecule has 0 saturated carbocycles. The third-order valence-corrected chi connectivity index (χ3v) is 4.09. The first-order chi connectivity index (χ1) is 9.48. The van der Waals surface area contributed by atoms with Gasteiger partial charge in [0.1, 0.15) is 0 Å². The molecule has 1 aromatic rings. The number of halogens is 3. The minimum atomic E-state index is -4.11. The zero-order valence-corrected chi connectivity index (χ0v) is 12.2. The second kappa shape index (κ2) is 6.73. The third kappa shape index (κ3) is 4.60. The first-order valence-corrected chi connectivity index (χ1v) is 7.55. The van der Waals surface area contributed by atoms with Crippen molar-refractivity contribution in [3.05, 3.63) is 11.1 Å². The van der Waals surface area contributed by atoms with E-state index in [1.54, 1.807) is 11.3 Å². The van der Waals surface area contributed by atoms with E-state index in [2.05, 4.69) is 15.2 Å². The summed E-state index contributed by atoms with van der Waals surface area (Å²) >= 11 is 1.55. The van der Waals surface area contributed by atoms with E-state index < -0.39 is 12.7 Å². The molecule has 2 rings (SSSR count). The number of thiazole rings is 1. The van der Waals surface area contributed by atoms with E-state index in [-0.39, 0.29) is 0 Å². The Kier molecular flexibility index (Phi) is 5.22. The highest BCUT2D eigenvalue weighted by molar-refractivity contribution is 7.13. The highest BCUT2D eigenvalue weighted by atomic mass is 32.1. The predicted molar refractivity (Wildman–Crippen MR) is 74.2 cm³/mol. The molecule has 8 heteroatoms.